The molecule has 15 heavy (non-hydrogen) atoms. The van der Waals surface area contributed by atoms with Crippen molar-refractivity contribution in [3.05, 3.63) is 6.61 Å². The average molecular weight is 215 g/mol. The first-order chi connectivity index (χ1) is 7.33. The Bertz CT molecular complexity index is 141. The predicted octanol–water partition coefficient (Wildman–Crippen LogP) is 2.90. The Hall–Kier alpha value is -0.120. The third kappa shape index (κ3) is 4.49. The molecule has 0 aliphatic carbocycles. The van der Waals surface area contributed by atoms with Crippen LogP contribution in [0.25, 0.3) is 0 Å². The summed E-state index contributed by atoms with van der Waals surface area (Å²) in [5.74, 6) is -0.551. The van der Waals surface area contributed by atoms with Crippen molar-refractivity contribution in [3.8, 4) is 0 Å². The van der Waals surface area contributed by atoms with E-state index in [4.69, 9.17) is 14.2 Å². The van der Waals surface area contributed by atoms with Crippen molar-refractivity contribution in [2.75, 3.05) is 19.8 Å². The molecule has 1 fully saturated rings. The molecule has 0 aromatic heterocycles. The highest BCUT2D eigenvalue weighted by Crippen LogP contribution is 2.29. The third-order valence-corrected chi connectivity index (χ3v) is 2.52. The monoisotopic (exact) mass is 215 g/mol. The Kier molecular flexibility index (Phi) is 6.22. The zero-order chi connectivity index (χ0) is 11.0. The molecule has 0 atom stereocenters. The molecule has 0 amide bonds. The van der Waals surface area contributed by atoms with Crippen LogP contribution in [0, 0.1) is 6.61 Å². The number of rotatable bonds is 8. The second kappa shape index (κ2) is 7.20. The molecule has 1 aliphatic rings. The van der Waals surface area contributed by atoms with Crippen LogP contribution in [0.4, 0.5) is 0 Å². The van der Waals surface area contributed by atoms with Gasteiger partial charge in [-0.2, -0.15) is 0 Å². The molecule has 0 N–H and O–H groups in total. The lowest BCUT2D eigenvalue weighted by Gasteiger charge is -2.27. The van der Waals surface area contributed by atoms with Crippen molar-refractivity contribution in [2.24, 2.45) is 0 Å². The summed E-state index contributed by atoms with van der Waals surface area (Å²) in [4.78, 5) is 0. The lowest BCUT2D eigenvalue weighted by Crippen LogP contribution is -2.34. The molecule has 3 nitrogen and oxygen atoms in total. The molecule has 0 spiro atoms. The molecule has 1 radical (unpaired) electrons. The molecule has 1 heterocycles. The molecule has 89 valence electrons. The fourth-order valence-corrected chi connectivity index (χ4v) is 1.48. The summed E-state index contributed by atoms with van der Waals surface area (Å²) in [6, 6.07) is 0. The van der Waals surface area contributed by atoms with Crippen LogP contribution in [0.5, 0.6) is 0 Å². The maximum Gasteiger partial charge on any atom is 0.199 e. The molecule has 1 saturated heterocycles. The van der Waals surface area contributed by atoms with Gasteiger partial charge >= 0.3 is 0 Å². The third-order valence-electron chi connectivity index (χ3n) is 2.52. The van der Waals surface area contributed by atoms with Crippen molar-refractivity contribution < 1.29 is 14.2 Å². The summed E-state index contributed by atoms with van der Waals surface area (Å²) in [7, 11) is 0. The van der Waals surface area contributed by atoms with E-state index in [1.165, 1.54) is 0 Å². The first-order valence-corrected chi connectivity index (χ1v) is 6.07. The van der Waals surface area contributed by atoms with Crippen LogP contribution in [0.1, 0.15) is 46.0 Å². The quantitative estimate of drug-likeness (QED) is 0.460. The standard InChI is InChI=1S/C12H23O3/c1-3-5-8-14-12(7-10-13-11-12)15-9-6-4-2/h11H,3-10H2,1-2H3. The van der Waals surface area contributed by atoms with Crippen molar-refractivity contribution in [3.63, 3.8) is 0 Å². The summed E-state index contributed by atoms with van der Waals surface area (Å²) in [6.07, 6.45) is 5.26. The summed E-state index contributed by atoms with van der Waals surface area (Å²) < 4.78 is 16.8. The van der Waals surface area contributed by atoms with E-state index >= 15 is 0 Å². The van der Waals surface area contributed by atoms with Crippen molar-refractivity contribution in [2.45, 2.75) is 51.7 Å². The Labute approximate surface area is 93.1 Å². The molecule has 0 unspecified atom stereocenters. The summed E-state index contributed by atoms with van der Waals surface area (Å²) in [6.45, 7) is 8.24. The Morgan fingerprint density at radius 3 is 2.13 bits per heavy atom. The van der Waals surface area contributed by atoms with Gasteiger partial charge in [0, 0.05) is 6.42 Å². The second-order valence-corrected chi connectivity index (χ2v) is 3.95. The molecule has 0 saturated carbocycles. The minimum atomic E-state index is -0.551. The molecule has 1 aliphatic heterocycles. The minimum Gasteiger partial charge on any atom is -0.369 e. The maximum atomic E-state index is 5.77. The summed E-state index contributed by atoms with van der Waals surface area (Å²) in [5.41, 5.74) is 0. The van der Waals surface area contributed by atoms with Crippen LogP contribution in [0.15, 0.2) is 0 Å². The van der Waals surface area contributed by atoms with Crippen LogP contribution in [0.3, 0.4) is 0 Å². The Morgan fingerprint density at radius 1 is 1.13 bits per heavy atom. The van der Waals surface area contributed by atoms with Crippen molar-refractivity contribution in [1.82, 2.24) is 0 Å². The van der Waals surface area contributed by atoms with Gasteiger partial charge in [-0.1, -0.05) is 26.7 Å². The zero-order valence-corrected chi connectivity index (χ0v) is 9.96. The highest BCUT2D eigenvalue weighted by Gasteiger charge is 2.37. The largest absolute Gasteiger partial charge is 0.369 e. The molecule has 3 heteroatoms. The van der Waals surface area contributed by atoms with Gasteiger partial charge in [0.05, 0.1) is 19.8 Å². The fraction of sp³-hybridized carbons (Fsp3) is 0.917. The number of unbranched alkanes of at least 4 members (excludes halogenated alkanes) is 2. The van der Waals surface area contributed by atoms with Gasteiger partial charge in [-0.25, -0.2) is 0 Å². The molecular formula is C12H23O3. The minimum absolute atomic E-state index is 0.551. The van der Waals surface area contributed by atoms with E-state index in [1.807, 2.05) is 0 Å². The van der Waals surface area contributed by atoms with Gasteiger partial charge in [0.2, 0.25) is 0 Å². The molecule has 0 aromatic carbocycles. The first-order valence-electron chi connectivity index (χ1n) is 6.07. The SMILES string of the molecule is CCCCOC1(OCCCC)[CH]OCC1. The van der Waals surface area contributed by atoms with Crippen LogP contribution in [-0.2, 0) is 14.2 Å². The second-order valence-electron chi connectivity index (χ2n) is 3.95. The number of hydrogen-bond donors (Lipinski definition) is 0. The van der Waals surface area contributed by atoms with E-state index in [-0.39, 0.29) is 0 Å². The normalized spacial score (nSPS) is 19.6. The van der Waals surface area contributed by atoms with Crippen molar-refractivity contribution >= 4 is 0 Å². The smallest absolute Gasteiger partial charge is 0.199 e. The lowest BCUT2D eigenvalue weighted by atomic mass is 10.2. The lowest BCUT2D eigenvalue weighted by molar-refractivity contribution is -0.216. The van der Waals surface area contributed by atoms with Crippen LogP contribution in [0.2, 0.25) is 0 Å². The van der Waals surface area contributed by atoms with E-state index in [0.717, 1.165) is 45.3 Å². The summed E-state index contributed by atoms with van der Waals surface area (Å²) >= 11 is 0. The van der Waals surface area contributed by atoms with Gasteiger partial charge in [0.25, 0.3) is 0 Å². The van der Waals surface area contributed by atoms with E-state index in [9.17, 15) is 0 Å². The Morgan fingerprint density at radius 2 is 1.73 bits per heavy atom. The average Bonchev–Trinajstić information content (AvgIpc) is 2.68. The van der Waals surface area contributed by atoms with Crippen LogP contribution in [-0.4, -0.2) is 25.6 Å². The first kappa shape index (κ1) is 12.9. The van der Waals surface area contributed by atoms with Gasteiger partial charge in [-0.05, 0) is 12.8 Å². The molecule has 1 rings (SSSR count). The van der Waals surface area contributed by atoms with E-state index in [2.05, 4.69) is 13.8 Å². The van der Waals surface area contributed by atoms with Crippen LogP contribution >= 0.6 is 0 Å². The van der Waals surface area contributed by atoms with Gasteiger partial charge in [-0.15, -0.1) is 0 Å². The number of hydrogen-bond acceptors (Lipinski definition) is 3. The molecular weight excluding hydrogens is 192 g/mol. The predicted molar refractivity (Wildman–Crippen MR) is 59.3 cm³/mol. The highest BCUT2D eigenvalue weighted by molar-refractivity contribution is 4.85. The summed E-state index contributed by atoms with van der Waals surface area (Å²) in [5, 5.41) is 0. The van der Waals surface area contributed by atoms with Gasteiger partial charge in [0.1, 0.15) is 6.61 Å². The molecule has 0 aromatic rings. The molecule has 0 bridgehead atoms. The van der Waals surface area contributed by atoms with Gasteiger partial charge in [-0.3, -0.25) is 0 Å². The van der Waals surface area contributed by atoms with E-state index < -0.39 is 5.79 Å². The van der Waals surface area contributed by atoms with E-state index in [0.29, 0.717) is 6.61 Å². The van der Waals surface area contributed by atoms with Crippen molar-refractivity contribution in [1.29, 1.82) is 0 Å². The Balaban J connectivity index is 2.26. The number of ether oxygens (including phenoxy) is 3. The highest BCUT2D eigenvalue weighted by atomic mass is 16.7. The van der Waals surface area contributed by atoms with Gasteiger partial charge < -0.3 is 14.2 Å². The maximum absolute atomic E-state index is 5.77. The van der Waals surface area contributed by atoms with Gasteiger partial charge in [0.15, 0.2) is 5.79 Å². The fourth-order valence-electron chi connectivity index (χ4n) is 1.48. The topological polar surface area (TPSA) is 27.7 Å². The van der Waals surface area contributed by atoms with E-state index in [1.54, 1.807) is 6.61 Å². The van der Waals surface area contributed by atoms with Crippen LogP contribution < -0.4 is 0 Å². The zero-order valence-electron chi connectivity index (χ0n) is 9.96.